The number of ether oxygens (including phenoxy) is 1. The van der Waals surface area contributed by atoms with Crippen molar-refractivity contribution in [3.8, 4) is 5.75 Å². The maximum absolute atomic E-state index is 5.27. The Hall–Kier alpha value is -1.35. The van der Waals surface area contributed by atoms with Gasteiger partial charge in [0.25, 0.3) is 0 Å². The molecule has 0 bridgehead atoms. The van der Waals surface area contributed by atoms with Crippen LogP contribution in [0.2, 0.25) is 0 Å². The van der Waals surface area contributed by atoms with Gasteiger partial charge in [0.15, 0.2) is 0 Å². The van der Waals surface area contributed by atoms with Crippen LogP contribution in [-0.4, -0.2) is 12.1 Å². The lowest BCUT2D eigenvalue weighted by atomic mass is 10.1. The molecule has 1 aromatic heterocycles. The highest BCUT2D eigenvalue weighted by Crippen LogP contribution is 2.21. The predicted molar refractivity (Wildman–Crippen MR) is 57.9 cm³/mol. The molecule has 0 aliphatic rings. The Morgan fingerprint density at radius 2 is 2.21 bits per heavy atom. The molecule has 0 radical (unpaired) electrons. The number of rotatable bonds is 3. The molecule has 2 nitrogen and oxygen atoms in total. The minimum Gasteiger partial charge on any atom is -0.496 e. The van der Waals surface area contributed by atoms with E-state index in [-0.39, 0.29) is 0 Å². The molecule has 0 unspecified atom stereocenters. The highest BCUT2D eigenvalue weighted by Gasteiger charge is 2.03. The zero-order valence-corrected chi connectivity index (χ0v) is 8.75. The second kappa shape index (κ2) is 4.24. The van der Waals surface area contributed by atoms with Crippen molar-refractivity contribution < 1.29 is 4.74 Å². The fourth-order valence-corrected chi connectivity index (χ4v) is 1.99. The van der Waals surface area contributed by atoms with E-state index in [0.717, 1.165) is 17.2 Å². The van der Waals surface area contributed by atoms with Crippen molar-refractivity contribution in [1.29, 1.82) is 0 Å². The van der Waals surface area contributed by atoms with E-state index in [4.69, 9.17) is 4.74 Å². The average Bonchev–Trinajstić information content (AvgIpc) is 2.71. The zero-order valence-electron chi connectivity index (χ0n) is 7.93. The summed E-state index contributed by atoms with van der Waals surface area (Å²) in [5, 5.41) is 3.11. The first-order chi connectivity index (χ1) is 6.90. The Bertz CT molecular complexity index is 397. The van der Waals surface area contributed by atoms with Crippen LogP contribution in [0.3, 0.4) is 0 Å². The standard InChI is InChI=1S/C11H11NOS/c1-13-10-5-3-2-4-9(10)8-11-12-6-7-14-11/h2-7H,8H2,1H3. The molecule has 14 heavy (non-hydrogen) atoms. The Morgan fingerprint density at radius 1 is 1.36 bits per heavy atom. The van der Waals surface area contributed by atoms with Crippen LogP contribution in [0.1, 0.15) is 10.6 Å². The molecule has 0 fully saturated rings. The summed E-state index contributed by atoms with van der Waals surface area (Å²) in [5.74, 6) is 0.933. The third-order valence-corrected chi connectivity index (χ3v) is 2.80. The minimum absolute atomic E-state index is 0.849. The van der Waals surface area contributed by atoms with Crippen molar-refractivity contribution in [2.45, 2.75) is 6.42 Å². The molecule has 2 aromatic rings. The van der Waals surface area contributed by atoms with E-state index >= 15 is 0 Å². The van der Waals surface area contributed by atoms with Crippen LogP contribution in [0.5, 0.6) is 5.75 Å². The zero-order chi connectivity index (χ0) is 9.80. The Balaban J connectivity index is 2.24. The number of methoxy groups -OCH3 is 1. The fourth-order valence-electron chi connectivity index (χ4n) is 1.35. The van der Waals surface area contributed by atoms with Crippen molar-refractivity contribution in [1.82, 2.24) is 4.98 Å². The van der Waals surface area contributed by atoms with Crippen LogP contribution in [0.25, 0.3) is 0 Å². The molecular weight excluding hydrogens is 194 g/mol. The van der Waals surface area contributed by atoms with Crippen molar-refractivity contribution in [3.05, 3.63) is 46.4 Å². The highest BCUT2D eigenvalue weighted by molar-refractivity contribution is 7.09. The molecule has 0 atom stereocenters. The van der Waals surface area contributed by atoms with Gasteiger partial charge in [0.05, 0.1) is 12.1 Å². The summed E-state index contributed by atoms with van der Waals surface area (Å²) in [4.78, 5) is 4.25. The number of hydrogen-bond donors (Lipinski definition) is 0. The molecule has 3 heteroatoms. The maximum Gasteiger partial charge on any atom is 0.122 e. The monoisotopic (exact) mass is 205 g/mol. The van der Waals surface area contributed by atoms with E-state index in [0.29, 0.717) is 0 Å². The topological polar surface area (TPSA) is 22.1 Å². The van der Waals surface area contributed by atoms with E-state index in [2.05, 4.69) is 11.1 Å². The minimum atomic E-state index is 0.849. The summed E-state index contributed by atoms with van der Waals surface area (Å²) < 4.78 is 5.27. The second-order valence-electron chi connectivity index (χ2n) is 2.91. The van der Waals surface area contributed by atoms with E-state index in [1.54, 1.807) is 18.4 Å². The quantitative estimate of drug-likeness (QED) is 0.768. The van der Waals surface area contributed by atoms with Gasteiger partial charge in [-0.05, 0) is 6.07 Å². The third-order valence-electron chi connectivity index (χ3n) is 2.02. The van der Waals surface area contributed by atoms with Gasteiger partial charge >= 0.3 is 0 Å². The first-order valence-corrected chi connectivity index (χ1v) is 5.28. The van der Waals surface area contributed by atoms with Crippen LogP contribution >= 0.6 is 11.3 Å². The van der Waals surface area contributed by atoms with Gasteiger partial charge in [-0.25, -0.2) is 4.98 Å². The van der Waals surface area contributed by atoms with Gasteiger partial charge in [0.1, 0.15) is 5.75 Å². The number of nitrogens with zero attached hydrogens (tertiary/aromatic N) is 1. The molecule has 72 valence electrons. The smallest absolute Gasteiger partial charge is 0.122 e. The lowest BCUT2D eigenvalue weighted by Gasteiger charge is -2.05. The largest absolute Gasteiger partial charge is 0.496 e. The second-order valence-corrected chi connectivity index (χ2v) is 3.89. The molecule has 0 saturated carbocycles. The Kier molecular flexibility index (Phi) is 2.79. The Labute approximate surface area is 87.2 Å². The number of benzene rings is 1. The van der Waals surface area contributed by atoms with Gasteiger partial charge in [-0.1, -0.05) is 18.2 Å². The van der Waals surface area contributed by atoms with E-state index in [9.17, 15) is 0 Å². The highest BCUT2D eigenvalue weighted by atomic mass is 32.1. The first-order valence-electron chi connectivity index (χ1n) is 4.40. The summed E-state index contributed by atoms with van der Waals surface area (Å²) in [6, 6.07) is 8.04. The van der Waals surface area contributed by atoms with Gasteiger partial charge in [0, 0.05) is 23.6 Å². The summed E-state index contributed by atoms with van der Waals surface area (Å²) in [6.45, 7) is 0. The van der Waals surface area contributed by atoms with Crippen molar-refractivity contribution in [2.24, 2.45) is 0 Å². The summed E-state index contributed by atoms with van der Waals surface area (Å²) in [5.41, 5.74) is 1.19. The Morgan fingerprint density at radius 3 is 2.93 bits per heavy atom. The molecule has 0 spiro atoms. The van der Waals surface area contributed by atoms with Gasteiger partial charge in [-0.2, -0.15) is 0 Å². The lowest BCUT2D eigenvalue weighted by Crippen LogP contribution is -1.92. The molecule has 0 aliphatic heterocycles. The first kappa shape index (κ1) is 9.21. The molecular formula is C11H11NOS. The lowest BCUT2D eigenvalue weighted by molar-refractivity contribution is 0.410. The maximum atomic E-state index is 5.27. The van der Waals surface area contributed by atoms with Gasteiger partial charge < -0.3 is 4.74 Å². The number of thiazole rings is 1. The van der Waals surface area contributed by atoms with Crippen LogP contribution in [0, 0.1) is 0 Å². The number of aromatic nitrogens is 1. The third kappa shape index (κ3) is 1.93. The fraction of sp³-hybridized carbons (Fsp3) is 0.182. The molecule has 1 heterocycles. The van der Waals surface area contributed by atoms with Crippen molar-refractivity contribution in [2.75, 3.05) is 7.11 Å². The van der Waals surface area contributed by atoms with Crippen LogP contribution in [-0.2, 0) is 6.42 Å². The van der Waals surface area contributed by atoms with Gasteiger partial charge in [0.2, 0.25) is 0 Å². The normalized spacial score (nSPS) is 10.1. The molecule has 0 saturated heterocycles. The molecule has 1 aromatic carbocycles. The summed E-state index contributed by atoms with van der Waals surface area (Å²) in [6.07, 6.45) is 2.68. The van der Waals surface area contributed by atoms with Gasteiger partial charge in [-0.15, -0.1) is 11.3 Å². The van der Waals surface area contributed by atoms with Crippen LogP contribution in [0.4, 0.5) is 0 Å². The molecule has 0 amide bonds. The summed E-state index contributed by atoms with van der Waals surface area (Å²) in [7, 11) is 1.70. The molecule has 0 aliphatic carbocycles. The van der Waals surface area contributed by atoms with E-state index in [1.807, 2.05) is 29.8 Å². The van der Waals surface area contributed by atoms with E-state index < -0.39 is 0 Å². The molecule has 0 N–H and O–H groups in total. The average molecular weight is 205 g/mol. The predicted octanol–water partition coefficient (Wildman–Crippen LogP) is 2.74. The SMILES string of the molecule is COc1ccccc1Cc1nccs1. The van der Waals surface area contributed by atoms with Crippen molar-refractivity contribution in [3.63, 3.8) is 0 Å². The molecule has 2 rings (SSSR count). The van der Waals surface area contributed by atoms with Gasteiger partial charge in [-0.3, -0.25) is 0 Å². The number of hydrogen-bond acceptors (Lipinski definition) is 3. The van der Waals surface area contributed by atoms with Crippen LogP contribution < -0.4 is 4.74 Å². The summed E-state index contributed by atoms with van der Waals surface area (Å²) >= 11 is 1.67. The number of para-hydroxylation sites is 1. The van der Waals surface area contributed by atoms with E-state index in [1.165, 1.54) is 5.56 Å². The van der Waals surface area contributed by atoms with Crippen LogP contribution in [0.15, 0.2) is 35.8 Å². The van der Waals surface area contributed by atoms with Crippen molar-refractivity contribution >= 4 is 11.3 Å².